The second-order valence-electron chi connectivity index (χ2n) is 6.83. The minimum absolute atomic E-state index is 0.159. The molecule has 130 valence electrons. The Bertz CT molecular complexity index is 856. The Morgan fingerprint density at radius 1 is 1.32 bits per heavy atom. The van der Waals surface area contributed by atoms with E-state index in [1.54, 1.807) is 0 Å². The van der Waals surface area contributed by atoms with Gasteiger partial charge in [0.2, 0.25) is 0 Å². The van der Waals surface area contributed by atoms with E-state index in [-0.39, 0.29) is 18.0 Å². The summed E-state index contributed by atoms with van der Waals surface area (Å²) >= 11 is 0. The number of ether oxygens (including phenoxy) is 1. The molecule has 1 fully saturated rings. The average molecular weight is 339 g/mol. The molecule has 1 aromatic carbocycles. The first kappa shape index (κ1) is 15.9. The van der Waals surface area contributed by atoms with Gasteiger partial charge in [-0.2, -0.15) is 5.10 Å². The molecule has 2 atom stereocenters. The third-order valence-electron chi connectivity index (χ3n) is 4.96. The Hall–Kier alpha value is -2.63. The molecule has 2 aromatic rings. The van der Waals surface area contributed by atoms with Gasteiger partial charge in [-0.15, -0.1) is 0 Å². The van der Waals surface area contributed by atoms with Crippen LogP contribution in [0, 0.1) is 6.92 Å². The summed E-state index contributed by atoms with van der Waals surface area (Å²) in [6.45, 7) is 3.86. The van der Waals surface area contributed by atoms with Crippen molar-refractivity contribution in [3.05, 3.63) is 46.8 Å². The Balaban J connectivity index is 1.67. The standard InChI is InChI=1S/C19H21N3O3/c1-11-6-3-4-8-15(11)22-16-9-5-7-13(16)17(21-22)18(23)20-14-10-12(2)25-19(14)24/h3-4,6,8,12,14H,5,7,9-10H2,1-2H3,(H,20,23). The number of para-hydroxylation sites is 1. The Morgan fingerprint density at radius 2 is 2.12 bits per heavy atom. The summed E-state index contributed by atoms with van der Waals surface area (Å²) in [7, 11) is 0. The number of carbonyl (C=O) groups is 2. The summed E-state index contributed by atoms with van der Waals surface area (Å²) in [6, 6.07) is 7.43. The van der Waals surface area contributed by atoms with Crippen LogP contribution in [-0.4, -0.2) is 33.8 Å². The van der Waals surface area contributed by atoms with Gasteiger partial charge in [0.25, 0.3) is 5.91 Å². The van der Waals surface area contributed by atoms with Crippen LogP contribution in [0.1, 0.15) is 47.1 Å². The second kappa shape index (κ2) is 6.02. The summed E-state index contributed by atoms with van der Waals surface area (Å²) in [5, 5.41) is 7.40. The van der Waals surface area contributed by atoms with Crippen molar-refractivity contribution >= 4 is 11.9 Å². The number of nitrogens with zero attached hydrogens (tertiary/aromatic N) is 2. The molecule has 1 N–H and O–H groups in total. The Kier molecular flexibility index (Phi) is 3.82. The summed E-state index contributed by atoms with van der Waals surface area (Å²) < 4.78 is 7.01. The number of nitrogens with one attached hydrogen (secondary N) is 1. The van der Waals surface area contributed by atoms with Crippen LogP contribution < -0.4 is 5.32 Å². The molecule has 2 heterocycles. The van der Waals surface area contributed by atoms with Crippen LogP contribution in [0.25, 0.3) is 5.69 Å². The highest BCUT2D eigenvalue weighted by atomic mass is 16.6. The predicted octanol–water partition coefficient (Wildman–Crippen LogP) is 2.10. The predicted molar refractivity (Wildman–Crippen MR) is 91.8 cm³/mol. The molecule has 0 bridgehead atoms. The summed E-state index contributed by atoms with van der Waals surface area (Å²) in [6.07, 6.45) is 3.11. The van der Waals surface area contributed by atoms with Gasteiger partial charge in [0.1, 0.15) is 12.1 Å². The van der Waals surface area contributed by atoms with E-state index in [0.29, 0.717) is 12.1 Å². The van der Waals surface area contributed by atoms with E-state index < -0.39 is 6.04 Å². The van der Waals surface area contributed by atoms with Crippen molar-refractivity contribution in [2.75, 3.05) is 0 Å². The molecule has 25 heavy (non-hydrogen) atoms. The second-order valence-corrected chi connectivity index (χ2v) is 6.83. The number of hydrogen-bond acceptors (Lipinski definition) is 4. The van der Waals surface area contributed by atoms with Crippen molar-refractivity contribution in [3.8, 4) is 5.69 Å². The smallest absolute Gasteiger partial charge is 0.329 e. The lowest BCUT2D eigenvalue weighted by atomic mass is 10.1. The summed E-state index contributed by atoms with van der Waals surface area (Å²) in [5.41, 5.74) is 4.64. The molecule has 0 saturated carbocycles. The van der Waals surface area contributed by atoms with Crippen molar-refractivity contribution in [1.29, 1.82) is 0 Å². The minimum Gasteiger partial charge on any atom is -0.461 e. The zero-order valence-corrected chi connectivity index (χ0v) is 14.4. The molecule has 1 saturated heterocycles. The largest absolute Gasteiger partial charge is 0.461 e. The molecule has 0 spiro atoms. The number of fused-ring (bicyclic) bond motifs is 1. The van der Waals surface area contributed by atoms with Crippen molar-refractivity contribution in [2.24, 2.45) is 0 Å². The van der Waals surface area contributed by atoms with Gasteiger partial charge in [0.05, 0.1) is 5.69 Å². The van der Waals surface area contributed by atoms with Crippen LogP contribution in [0.4, 0.5) is 0 Å². The molecule has 1 aromatic heterocycles. The maximum atomic E-state index is 12.7. The highest BCUT2D eigenvalue weighted by molar-refractivity contribution is 5.97. The molecule has 4 rings (SSSR count). The number of hydrogen-bond donors (Lipinski definition) is 1. The van der Waals surface area contributed by atoms with E-state index in [4.69, 9.17) is 4.74 Å². The van der Waals surface area contributed by atoms with Crippen LogP contribution in [0.5, 0.6) is 0 Å². The van der Waals surface area contributed by atoms with Gasteiger partial charge in [-0.1, -0.05) is 18.2 Å². The van der Waals surface area contributed by atoms with E-state index in [0.717, 1.165) is 41.8 Å². The number of cyclic esters (lactones) is 1. The molecule has 1 aliphatic carbocycles. The molecule has 1 aliphatic heterocycles. The fourth-order valence-electron chi connectivity index (χ4n) is 3.72. The lowest BCUT2D eigenvalue weighted by Crippen LogP contribution is -2.38. The normalized spacial score (nSPS) is 21.9. The number of amides is 1. The monoisotopic (exact) mass is 339 g/mol. The molecule has 2 unspecified atom stereocenters. The fraction of sp³-hybridized carbons (Fsp3) is 0.421. The molecule has 0 radical (unpaired) electrons. The van der Waals surface area contributed by atoms with Gasteiger partial charge in [-0.3, -0.25) is 4.79 Å². The highest BCUT2D eigenvalue weighted by Crippen LogP contribution is 2.29. The number of esters is 1. The van der Waals surface area contributed by atoms with E-state index in [1.165, 1.54) is 0 Å². The van der Waals surface area contributed by atoms with E-state index >= 15 is 0 Å². The first-order valence-corrected chi connectivity index (χ1v) is 8.72. The number of carbonyl (C=O) groups excluding carboxylic acids is 2. The van der Waals surface area contributed by atoms with Crippen LogP contribution in [0.3, 0.4) is 0 Å². The molecular weight excluding hydrogens is 318 g/mol. The molecule has 6 heteroatoms. The van der Waals surface area contributed by atoms with E-state index in [9.17, 15) is 9.59 Å². The van der Waals surface area contributed by atoms with Crippen molar-refractivity contribution in [3.63, 3.8) is 0 Å². The number of rotatable bonds is 3. The topological polar surface area (TPSA) is 73.2 Å². The maximum absolute atomic E-state index is 12.7. The number of benzene rings is 1. The van der Waals surface area contributed by atoms with E-state index in [1.807, 2.05) is 42.8 Å². The zero-order chi connectivity index (χ0) is 17.6. The van der Waals surface area contributed by atoms with Gasteiger partial charge in [0, 0.05) is 17.7 Å². The third kappa shape index (κ3) is 2.71. The van der Waals surface area contributed by atoms with E-state index in [2.05, 4.69) is 10.4 Å². The van der Waals surface area contributed by atoms with Crippen LogP contribution >= 0.6 is 0 Å². The molecule has 2 aliphatic rings. The lowest BCUT2D eigenvalue weighted by molar-refractivity contribution is -0.142. The van der Waals surface area contributed by atoms with Gasteiger partial charge in [-0.05, 0) is 44.7 Å². The van der Waals surface area contributed by atoms with Gasteiger partial charge in [0.15, 0.2) is 5.69 Å². The Morgan fingerprint density at radius 3 is 2.84 bits per heavy atom. The van der Waals surface area contributed by atoms with Crippen molar-refractivity contribution in [1.82, 2.24) is 15.1 Å². The van der Waals surface area contributed by atoms with Crippen LogP contribution in [0.2, 0.25) is 0 Å². The highest BCUT2D eigenvalue weighted by Gasteiger charge is 2.35. The quantitative estimate of drug-likeness (QED) is 0.869. The van der Waals surface area contributed by atoms with Crippen molar-refractivity contribution in [2.45, 2.75) is 51.7 Å². The SMILES string of the molecule is Cc1ccccc1-n1nc(C(=O)NC2CC(C)OC2=O)c2c1CCC2. The lowest BCUT2D eigenvalue weighted by Gasteiger charge is -2.09. The minimum atomic E-state index is -0.580. The first-order valence-electron chi connectivity index (χ1n) is 8.72. The van der Waals surface area contributed by atoms with Gasteiger partial charge < -0.3 is 10.1 Å². The molecule has 1 amide bonds. The zero-order valence-electron chi connectivity index (χ0n) is 14.4. The van der Waals surface area contributed by atoms with Gasteiger partial charge >= 0.3 is 5.97 Å². The number of aryl methyl sites for hydroxylation is 1. The van der Waals surface area contributed by atoms with Crippen LogP contribution in [0.15, 0.2) is 24.3 Å². The maximum Gasteiger partial charge on any atom is 0.329 e. The number of aromatic nitrogens is 2. The summed E-state index contributed by atoms with van der Waals surface area (Å²) in [4.78, 5) is 24.5. The first-order chi connectivity index (χ1) is 12.0. The van der Waals surface area contributed by atoms with Gasteiger partial charge in [-0.25, -0.2) is 9.48 Å². The van der Waals surface area contributed by atoms with Crippen LogP contribution in [-0.2, 0) is 22.4 Å². The molecule has 6 nitrogen and oxygen atoms in total. The Labute approximate surface area is 146 Å². The molecular formula is C19H21N3O3. The fourth-order valence-corrected chi connectivity index (χ4v) is 3.72. The summed E-state index contributed by atoms with van der Waals surface area (Å²) in [5.74, 6) is -0.655. The average Bonchev–Trinajstić information content (AvgIpc) is 3.24. The van der Waals surface area contributed by atoms with Crippen molar-refractivity contribution < 1.29 is 14.3 Å². The third-order valence-corrected chi connectivity index (χ3v) is 4.96.